The molecule has 0 radical (unpaired) electrons. The predicted molar refractivity (Wildman–Crippen MR) is 86.1 cm³/mol. The molecule has 3 amide bonds. The number of hydrogen-bond acceptors (Lipinski definition) is 6. The van der Waals surface area contributed by atoms with Crippen molar-refractivity contribution in [2.45, 2.75) is 57.9 Å². The normalized spacial score (nSPS) is 22.6. The third kappa shape index (κ3) is 5.70. The number of unbranched alkanes of at least 4 members (excludes halogenated alkanes) is 1. The van der Waals surface area contributed by atoms with Gasteiger partial charge in [-0.25, -0.2) is 4.79 Å². The van der Waals surface area contributed by atoms with Crippen LogP contribution in [0.1, 0.15) is 39.5 Å². The molecule has 2 aliphatic rings. The lowest BCUT2D eigenvalue weighted by Gasteiger charge is -2.31. The van der Waals surface area contributed by atoms with E-state index in [4.69, 9.17) is 9.47 Å². The minimum atomic E-state index is -0.727. The Hall–Kier alpha value is -2.16. The number of nitrogens with zero attached hydrogens (tertiary/aromatic N) is 1. The lowest BCUT2D eigenvalue weighted by molar-refractivity contribution is -0.160. The molecule has 0 aliphatic carbocycles. The number of rotatable bonds is 9. The fraction of sp³-hybridized carbons (Fsp3) is 0.750. The van der Waals surface area contributed by atoms with Gasteiger partial charge in [-0.2, -0.15) is 0 Å². The Kier molecular flexibility index (Phi) is 6.74. The van der Waals surface area contributed by atoms with Gasteiger partial charge in [-0.15, -0.1) is 0 Å². The first-order valence-electron chi connectivity index (χ1n) is 8.50. The molecular formula is C16H25N3O6. The van der Waals surface area contributed by atoms with Gasteiger partial charge in [0.05, 0.1) is 13.0 Å². The van der Waals surface area contributed by atoms with E-state index in [1.165, 1.54) is 13.8 Å². The molecule has 2 saturated heterocycles. The van der Waals surface area contributed by atoms with Gasteiger partial charge < -0.3 is 25.0 Å². The van der Waals surface area contributed by atoms with Crippen LogP contribution in [-0.2, 0) is 28.7 Å². The van der Waals surface area contributed by atoms with Crippen molar-refractivity contribution in [1.29, 1.82) is 0 Å². The van der Waals surface area contributed by atoms with E-state index >= 15 is 0 Å². The number of hydrogen-bond donors (Lipinski definition) is 2. The molecule has 0 saturated carbocycles. The zero-order chi connectivity index (χ0) is 18.4. The Balaban J connectivity index is 1.70. The van der Waals surface area contributed by atoms with Gasteiger partial charge in [0, 0.05) is 20.4 Å². The highest BCUT2D eigenvalue weighted by atomic mass is 16.6. The molecule has 2 rings (SSSR count). The first kappa shape index (κ1) is 19.2. The van der Waals surface area contributed by atoms with E-state index in [2.05, 4.69) is 10.6 Å². The van der Waals surface area contributed by atoms with Crippen LogP contribution in [0.25, 0.3) is 0 Å². The van der Waals surface area contributed by atoms with Crippen LogP contribution in [0, 0.1) is 0 Å². The summed E-state index contributed by atoms with van der Waals surface area (Å²) >= 11 is 0. The number of nitrogens with one attached hydrogen (secondary N) is 2. The molecule has 2 heterocycles. The Labute approximate surface area is 146 Å². The Morgan fingerprint density at radius 2 is 2.04 bits per heavy atom. The van der Waals surface area contributed by atoms with Crippen LogP contribution >= 0.6 is 0 Å². The highest BCUT2D eigenvalue weighted by Gasteiger charge is 2.45. The van der Waals surface area contributed by atoms with Crippen molar-refractivity contribution in [2.75, 3.05) is 19.7 Å². The summed E-state index contributed by atoms with van der Waals surface area (Å²) in [6, 6.07) is -0.727. The molecule has 3 unspecified atom stereocenters. The van der Waals surface area contributed by atoms with Crippen LogP contribution in [0.15, 0.2) is 0 Å². The zero-order valence-electron chi connectivity index (χ0n) is 14.6. The SMILES string of the molecule is CC(=O)NCCCCC(NC(C)=O)C(=O)OCC1CN2C(=O)CC2O1. The third-order valence-corrected chi connectivity index (χ3v) is 4.13. The number of esters is 1. The van der Waals surface area contributed by atoms with Gasteiger partial charge in [0.25, 0.3) is 0 Å². The maximum Gasteiger partial charge on any atom is 0.328 e. The van der Waals surface area contributed by atoms with Gasteiger partial charge in [-0.3, -0.25) is 14.4 Å². The van der Waals surface area contributed by atoms with Gasteiger partial charge >= 0.3 is 5.97 Å². The van der Waals surface area contributed by atoms with E-state index < -0.39 is 12.0 Å². The third-order valence-electron chi connectivity index (χ3n) is 4.13. The van der Waals surface area contributed by atoms with Crippen molar-refractivity contribution in [3.63, 3.8) is 0 Å². The average Bonchev–Trinajstić information content (AvgIpc) is 2.87. The zero-order valence-corrected chi connectivity index (χ0v) is 14.6. The number of carbonyl (C=O) groups excluding carboxylic acids is 4. The molecule has 3 atom stereocenters. The second kappa shape index (κ2) is 8.80. The highest BCUT2D eigenvalue weighted by molar-refractivity contribution is 5.83. The van der Waals surface area contributed by atoms with Gasteiger partial charge in [0.1, 0.15) is 25.0 Å². The molecule has 0 bridgehead atoms. The van der Waals surface area contributed by atoms with Crippen molar-refractivity contribution in [1.82, 2.24) is 15.5 Å². The molecule has 9 heteroatoms. The van der Waals surface area contributed by atoms with Crippen LogP contribution in [0.3, 0.4) is 0 Å². The van der Waals surface area contributed by atoms with Gasteiger partial charge in [0.15, 0.2) is 0 Å². The first-order chi connectivity index (χ1) is 11.9. The van der Waals surface area contributed by atoms with E-state index in [0.29, 0.717) is 38.8 Å². The maximum absolute atomic E-state index is 12.2. The molecule has 0 aromatic heterocycles. The topological polar surface area (TPSA) is 114 Å². The first-order valence-corrected chi connectivity index (χ1v) is 8.50. The Morgan fingerprint density at radius 3 is 2.64 bits per heavy atom. The Bertz CT molecular complexity index is 538. The molecule has 9 nitrogen and oxygen atoms in total. The minimum absolute atomic E-state index is 0.0501. The molecule has 2 aliphatic heterocycles. The van der Waals surface area contributed by atoms with E-state index in [0.717, 1.165) is 0 Å². The molecule has 0 aromatic rings. The van der Waals surface area contributed by atoms with E-state index in [1.807, 2.05) is 0 Å². The molecule has 25 heavy (non-hydrogen) atoms. The minimum Gasteiger partial charge on any atom is -0.461 e. The van der Waals surface area contributed by atoms with Crippen LogP contribution in [0.4, 0.5) is 0 Å². The summed E-state index contributed by atoms with van der Waals surface area (Å²) in [7, 11) is 0. The standard InChI is InChI=1S/C16H25N3O6/c1-10(20)17-6-4-3-5-13(18-11(2)21)16(23)24-9-12-8-19-14(22)7-15(19)25-12/h12-13,15H,3-9H2,1-2H3,(H,17,20)(H,18,21). The number of ether oxygens (including phenoxy) is 2. The van der Waals surface area contributed by atoms with Crippen LogP contribution in [0.5, 0.6) is 0 Å². The molecule has 2 N–H and O–H groups in total. The average molecular weight is 355 g/mol. The van der Waals surface area contributed by atoms with E-state index in [9.17, 15) is 19.2 Å². The van der Waals surface area contributed by atoms with E-state index in [1.54, 1.807) is 4.90 Å². The second-order valence-corrected chi connectivity index (χ2v) is 6.32. The molecule has 140 valence electrons. The molecule has 0 aromatic carbocycles. The largest absolute Gasteiger partial charge is 0.461 e. The second-order valence-electron chi connectivity index (χ2n) is 6.32. The lowest BCUT2D eigenvalue weighted by atomic mass is 10.1. The van der Waals surface area contributed by atoms with Crippen LogP contribution in [0.2, 0.25) is 0 Å². The number of β-lactam (4-membered cyclic amide) rings is 1. The monoisotopic (exact) mass is 355 g/mol. The molecule has 2 fully saturated rings. The molecule has 0 spiro atoms. The van der Waals surface area contributed by atoms with Gasteiger partial charge in [-0.1, -0.05) is 0 Å². The summed E-state index contributed by atoms with van der Waals surface area (Å²) in [6.07, 6.45) is 1.66. The fourth-order valence-corrected chi connectivity index (χ4v) is 2.85. The number of fused-ring (bicyclic) bond motifs is 1. The van der Waals surface area contributed by atoms with Crippen molar-refractivity contribution in [3.8, 4) is 0 Å². The Morgan fingerprint density at radius 1 is 1.28 bits per heavy atom. The van der Waals surface area contributed by atoms with Crippen molar-refractivity contribution < 1.29 is 28.7 Å². The van der Waals surface area contributed by atoms with E-state index in [-0.39, 0.29) is 36.7 Å². The maximum atomic E-state index is 12.2. The number of amides is 3. The predicted octanol–water partition coefficient (Wildman–Crippen LogP) is -0.702. The summed E-state index contributed by atoms with van der Waals surface area (Å²) in [5.74, 6) is -0.874. The smallest absolute Gasteiger partial charge is 0.328 e. The number of carbonyl (C=O) groups is 4. The summed E-state index contributed by atoms with van der Waals surface area (Å²) in [6.45, 7) is 3.80. The summed E-state index contributed by atoms with van der Waals surface area (Å²) in [5, 5.41) is 5.26. The van der Waals surface area contributed by atoms with Gasteiger partial charge in [-0.05, 0) is 19.3 Å². The fourth-order valence-electron chi connectivity index (χ4n) is 2.85. The summed E-state index contributed by atoms with van der Waals surface area (Å²) < 4.78 is 10.8. The van der Waals surface area contributed by atoms with Crippen molar-refractivity contribution in [2.24, 2.45) is 0 Å². The van der Waals surface area contributed by atoms with Crippen molar-refractivity contribution in [3.05, 3.63) is 0 Å². The molecular weight excluding hydrogens is 330 g/mol. The summed E-state index contributed by atoms with van der Waals surface area (Å²) in [4.78, 5) is 47.2. The van der Waals surface area contributed by atoms with Gasteiger partial charge in [0.2, 0.25) is 17.7 Å². The lowest BCUT2D eigenvalue weighted by Crippen LogP contribution is -2.48. The summed E-state index contributed by atoms with van der Waals surface area (Å²) in [5.41, 5.74) is 0. The van der Waals surface area contributed by atoms with Crippen molar-refractivity contribution >= 4 is 23.7 Å². The quantitative estimate of drug-likeness (QED) is 0.321. The van der Waals surface area contributed by atoms with Crippen LogP contribution < -0.4 is 10.6 Å². The highest BCUT2D eigenvalue weighted by Crippen LogP contribution is 2.28. The van der Waals surface area contributed by atoms with Crippen LogP contribution in [-0.4, -0.2) is 66.7 Å².